The lowest BCUT2D eigenvalue weighted by atomic mass is 10.0. The van der Waals surface area contributed by atoms with E-state index in [0.717, 1.165) is 24.0 Å². The molecule has 0 aliphatic rings. The normalized spacial score (nSPS) is 10.4. The van der Waals surface area contributed by atoms with Crippen LogP contribution in [0.4, 0.5) is 0 Å². The molecule has 0 fully saturated rings. The van der Waals surface area contributed by atoms with Crippen LogP contribution < -0.4 is 5.48 Å². The van der Waals surface area contributed by atoms with Crippen LogP contribution in [-0.2, 0) is 11.4 Å². The molecule has 2 N–H and O–H groups in total. The van der Waals surface area contributed by atoms with Gasteiger partial charge in [0.2, 0.25) is 0 Å². The number of hydrogen-bond acceptors (Lipinski definition) is 2. The minimum atomic E-state index is -0.364. The molecule has 3 aromatic rings. The molecule has 3 aromatic carbocycles. The lowest BCUT2D eigenvalue weighted by Crippen LogP contribution is -2.82. The first-order valence-corrected chi connectivity index (χ1v) is 14.9. The maximum atomic E-state index is 12.4. The van der Waals surface area contributed by atoms with Gasteiger partial charge in [0.05, 0.1) is 4.79 Å². The van der Waals surface area contributed by atoms with Gasteiger partial charge in [-0.15, -0.1) is 0 Å². The Balaban J connectivity index is 1.26. The number of hydrogen-bond donors (Lipinski definition) is 1. The second kappa shape index (κ2) is 18.7. The van der Waals surface area contributed by atoms with Gasteiger partial charge in [0, 0.05) is 17.5 Å². The largest absolute Gasteiger partial charge is 0.669 e. The van der Waals surface area contributed by atoms with Gasteiger partial charge in [0.15, 0.2) is 6.54 Å². The van der Waals surface area contributed by atoms with E-state index >= 15 is 0 Å². The SMILES string of the molecule is CCCCCCCCCCCCCCC#CC#Cc1ccc(C(=[O+])O[NH2+]Cc2cccc3ccccc23)cc1. The summed E-state index contributed by atoms with van der Waals surface area (Å²) in [5.74, 6) is 11.7. The van der Waals surface area contributed by atoms with Gasteiger partial charge in [-0.2, -0.15) is 0 Å². The number of hydroxylamine groups is 1. The van der Waals surface area contributed by atoms with Crippen LogP contribution in [0.1, 0.15) is 112 Å². The van der Waals surface area contributed by atoms with Crippen LogP contribution >= 0.6 is 0 Å². The Bertz CT molecular complexity index is 1250. The number of carbonyl (C=O) groups is 1. The van der Waals surface area contributed by atoms with Crippen molar-refractivity contribution in [3.8, 4) is 23.7 Å². The van der Waals surface area contributed by atoms with Crippen molar-refractivity contribution < 1.29 is 15.1 Å². The highest BCUT2D eigenvalue weighted by atomic mass is 16.7. The zero-order valence-corrected chi connectivity index (χ0v) is 23.6. The van der Waals surface area contributed by atoms with Gasteiger partial charge >= 0.3 is 5.97 Å². The van der Waals surface area contributed by atoms with Gasteiger partial charge in [-0.25, -0.2) is 0 Å². The maximum Gasteiger partial charge on any atom is 0.669 e. The van der Waals surface area contributed by atoms with E-state index in [1.807, 2.05) is 30.3 Å². The Morgan fingerprint density at radius 2 is 1.36 bits per heavy atom. The lowest BCUT2D eigenvalue weighted by Gasteiger charge is -2.02. The van der Waals surface area contributed by atoms with Crippen LogP contribution in [0, 0.1) is 23.7 Å². The van der Waals surface area contributed by atoms with Gasteiger partial charge in [0.25, 0.3) is 0 Å². The molecule has 3 nitrogen and oxygen atoms in total. The van der Waals surface area contributed by atoms with Crippen molar-refractivity contribution in [2.45, 2.75) is 96.9 Å². The highest BCUT2D eigenvalue weighted by Gasteiger charge is 2.24. The number of fused-ring (bicyclic) bond motifs is 1. The van der Waals surface area contributed by atoms with Crippen molar-refractivity contribution in [3.63, 3.8) is 0 Å². The summed E-state index contributed by atoms with van der Waals surface area (Å²) in [6.07, 6.45) is 17.2. The fourth-order valence-corrected chi connectivity index (χ4v) is 4.70. The first kappa shape index (κ1) is 30.0. The van der Waals surface area contributed by atoms with Crippen molar-refractivity contribution in [2.75, 3.05) is 0 Å². The quantitative estimate of drug-likeness (QED) is 0.0893. The summed E-state index contributed by atoms with van der Waals surface area (Å²) in [4.78, 5) is 17.8. The Morgan fingerprint density at radius 3 is 2.08 bits per heavy atom. The average molecular weight is 523 g/mol. The third-order valence-corrected chi connectivity index (χ3v) is 7.01. The molecule has 0 amide bonds. The Labute approximate surface area is 235 Å². The molecule has 0 aliphatic carbocycles. The van der Waals surface area contributed by atoms with Gasteiger partial charge in [-0.3, -0.25) is 0 Å². The summed E-state index contributed by atoms with van der Waals surface area (Å²) < 4.78 is 0. The van der Waals surface area contributed by atoms with E-state index in [4.69, 9.17) is 4.84 Å². The second-order valence-corrected chi connectivity index (χ2v) is 10.2. The molecule has 0 heterocycles. The summed E-state index contributed by atoms with van der Waals surface area (Å²) in [6.45, 7) is 2.84. The van der Waals surface area contributed by atoms with Crippen LogP contribution in [-0.4, -0.2) is 5.97 Å². The molecular formula is C36H44NO2+2. The first-order valence-electron chi connectivity index (χ1n) is 14.9. The van der Waals surface area contributed by atoms with Crippen molar-refractivity contribution in [2.24, 2.45) is 0 Å². The standard InChI is InChI=1S/C36H43NO2/c1-2-3-4-5-6-7-8-9-10-11-12-13-14-15-16-17-21-31-26-28-33(29-27-31)36(38)39-37-30-34-24-20-23-32-22-18-19-25-35(32)34/h18-20,22-29,37H,2-14,30H2,1H3/q+1/p+1. The van der Waals surface area contributed by atoms with Crippen molar-refractivity contribution in [1.29, 1.82) is 0 Å². The van der Waals surface area contributed by atoms with Crippen LogP contribution in [0.3, 0.4) is 0 Å². The van der Waals surface area contributed by atoms with Crippen LogP contribution in [0.15, 0.2) is 66.7 Å². The van der Waals surface area contributed by atoms with E-state index in [1.54, 1.807) is 17.6 Å². The molecule has 0 unspecified atom stereocenters. The monoisotopic (exact) mass is 522 g/mol. The molecule has 0 aliphatic heterocycles. The smallest absolute Gasteiger partial charge is 0.0891 e. The number of rotatable bonds is 16. The minimum Gasteiger partial charge on any atom is -0.0891 e. The fraction of sp³-hybridized carbons (Fsp3) is 0.417. The molecule has 3 rings (SSSR count). The van der Waals surface area contributed by atoms with E-state index in [0.29, 0.717) is 12.1 Å². The molecule has 0 saturated carbocycles. The van der Waals surface area contributed by atoms with E-state index in [1.165, 1.54) is 81.4 Å². The topological polar surface area (TPSA) is 45.7 Å². The average Bonchev–Trinajstić information content (AvgIpc) is 2.97. The number of benzene rings is 3. The summed E-state index contributed by atoms with van der Waals surface area (Å²) in [5.41, 5.74) is 4.05. The highest BCUT2D eigenvalue weighted by Crippen LogP contribution is 2.17. The Kier molecular flexibility index (Phi) is 14.4. The van der Waals surface area contributed by atoms with Gasteiger partial charge in [0.1, 0.15) is 5.56 Å². The summed E-state index contributed by atoms with van der Waals surface area (Å²) in [7, 11) is 0. The van der Waals surface area contributed by atoms with E-state index in [2.05, 4.69) is 54.9 Å². The van der Waals surface area contributed by atoms with Crippen LogP contribution in [0.2, 0.25) is 0 Å². The summed E-state index contributed by atoms with van der Waals surface area (Å²) in [5, 5.41) is 2.35. The second-order valence-electron chi connectivity index (χ2n) is 10.2. The zero-order valence-electron chi connectivity index (χ0n) is 23.6. The molecule has 0 saturated heterocycles. The molecular weight excluding hydrogens is 478 g/mol. The van der Waals surface area contributed by atoms with Gasteiger partial charge < -0.3 is 0 Å². The summed E-state index contributed by atoms with van der Waals surface area (Å²) >= 11 is 0. The molecule has 0 atom stereocenters. The third-order valence-electron chi connectivity index (χ3n) is 7.01. The fourth-order valence-electron chi connectivity index (χ4n) is 4.70. The van der Waals surface area contributed by atoms with E-state index in [9.17, 15) is 4.79 Å². The maximum absolute atomic E-state index is 12.4. The van der Waals surface area contributed by atoms with Crippen molar-refractivity contribution >= 4 is 16.7 Å². The van der Waals surface area contributed by atoms with Crippen molar-refractivity contribution in [1.82, 2.24) is 0 Å². The first-order chi connectivity index (χ1) is 19.3. The highest BCUT2D eigenvalue weighted by molar-refractivity contribution is 5.89. The predicted molar refractivity (Wildman–Crippen MR) is 162 cm³/mol. The Hall–Kier alpha value is -3.53. The van der Waals surface area contributed by atoms with Crippen LogP contribution in [0.25, 0.3) is 10.8 Å². The molecule has 203 valence electrons. The molecule has 0 bridgehead atoms. The third kappa shape index (κ3) is 11.8. The molecule has 3 heteroatoms. The zero-order chi connectivity index (χ0) is 27.4. The van der Waals surface area contributed by atoms with E-state index < -0.39 is 0 Å². The van der Waals surface area contributed by atoms with E-state index in [-0.39, 0.29) is 5.97 Å². The van der Waals surface area contributed by atoms with Gasteiger partial charge in [-0.05, 0) is 53.3 Å². The summed E-state index contributed by atoms with van der Waals surface area (Å²) in [6, 6.07) is 21.5. The number of nitrogens with two attached hydrogens (primary N) is 1. The molecule has 0 spiro atoms. The predicted octanol–water partition coefficient (Wildman–Crippen LogP) is 8.12. The van der Waals surface area contributed by atoms with Gasteiger partial charge in [-0.1, -0.05) is 142 Å². The molecule has 39 heavy (non-hydrogen) atoms. The Morgan fingerprint density at radius 1 is 0.718 bits per heavy atom. The van der Waals surface area contributed by atoms with Crippen LogP contribution in [0.5, 0.6) is 0 Å². The lowest BCUT2D eigenvalue weighted by molar-refractivity contribution is -0.883. The molecule has 0 aromatic heterocycles. The number of unbranched alkanes of at least 4 members (excludes halogenated alkanes) is 12. The molecule has 1 radical (unpaired) electrons. The minimum absolute atomic E-state index is 0.364. The number of quaternary nitrogens is 1. The van der Waals surface area contributed by atoms with Crippen molar-refractivity contribution in [3.05, 3.63) is 83.4 Å². The number of carbonyl (C=O) groups excluding carboxylic acids is 1.